The van der Waals surface area contributed by atoms with E-state index in [1.54, 1.807) is 12.1 Å². The lowest BCUT2D eigenvalue weighted by Gasteiger charge is -2.16. The van der Waals surface area contributed by atoms with E-state index in [0.717, 1.165) is 12.0 Å². The minimum atomic E-state index is -0.340. The molecule has 0 bridgehead atoms. The lowest BCUT2D eigenvalue weighted by atomic mass is 10.1. The molecule has 1 aliphatic rings. The number of aliphatic hydroxyl groups is 1. The van der Waals surface area contributed by atoms with Crippen molar-refractivity contribution < 1.29 is 9.90 Å². The molecule has 3 nitrogen and oxygen atoms in total. The second-order valence-electron chi connectivity index (χ2n) is 4.61. The zero-order valence-corrected chi connectivity index (χ0v) is 10.4. The van der Waals surface area contributed by atoms with E-state index in [4.69, 9.17) is 11.6 Å². The fourth-order valence-electron chi connectivity index (χ4n) is 1.90. The van der Waals surface area contributed by atoms with Crippen LogP contribution in [0.25, 0.3) is 0 Å². The van der Waals surface area contributed by atoms with Gasteiger partial charge in [0.25, 0.3) is 0 Å². The number of hydrogen-bond acceptors (Lipinski definition) is 2. The molecule has 4 heteroatoms. The highest BCUT2D eigenvalue weighted by atomic mass is 35.5. The topological polar surface area (TPSA) is 49.3 Å². The van der Waals surface area contributed by atoms with Crippen LogP contribution in [0.3, 0.4) is 0 Å². The highest BCUT2D eigenvalue weighted by molar-refractivity contribution is 6.30. The Hall–Kier alpha value is -1.06. The first-order valence-corrected chi connectivity index (χ1v) is 6.16. The lowest BCUT2D eigenvalue weighted by molar-refractivity contribution is -0.123. The summed E-state index contributed by atoms with van der Waals surface area (Å²) < 4.78 is 0. The first kappa shape index (κ1) is 12.4. The van der Waals surface area contributed by atoms with Gasteiger partial charge in [-0.2, -0.15) is 0 Å². The second kappa shape index (κ2) is 5.07. The van der Waals surface area contributed by atoms with Crippen LogP contribution in [-0.4, -0.2) is 17.6 Å². The van der Waals surface area contributed by atoms with Crippen molar-refractivity contribution in [3.8, 4) is 0 Å². The molecule has 2 rings (SSSR count). The summed E-state index contributed by atoms with van der Waals surface area (Å²) in [6, 6.07) is 6.81. The van der Waals surface area contributed by atoms with Crippen molar-refractivity contribution in [2.45, 2.75) is 19.4 Å². The third kappa shape index (κ3) is 2.99. The average molecular weight is 254 g/mol. The molecule has 3 unspecified atom stereocenters. The molecule has 1 aromatic carbocycles. The predicted molar refractivity (Wildman–Crippen MR) is 66.7 cm³/mol. The molecule has 0 radical (unpaired) electrons. The minimum absolute atomic E-state index is 0.0338. The van der Waals surface area contributed by atoms with Gasteiger partial charge < -0.3 is 10.4 Å². The fraction of sp³-hybridized carbons (Fsp3) is 0.462. The quantitative estimate of drug-likeness (QED) is 0.864. The van der Waals surface area contributed by atoms with Crippen LogP contribution in [0, 0.1) is 11.8 Å². The normalized spacial score (nSPS) is 24.2. The van der Waals surface area contributed by atoms with E-state index in [9.17, 15) is 9.90 Å². The van der Waals surface area contributed by atoms with Crippen LogP contribution in [0.2, 0.25) is 5.02 Å². The van der Waals surface area contributed by atoms with Crippen LogP contribution in [0.4, 0.5) is 0 Å². The highest BCUT2D eigenvalue weighted by Gasteiger charge is 2.39. The van der Waals surface area contributed by atoms with Crippen molar-refractivity contribution in [2.75, 3.05) is 6.61 Å². The monoisotopic (exact) mass is 253 g/mol. The van der Waals surface area contributed by atoms with Crippen LogP contribution in [0.5, 0.6) is 0 Å². The molecule has 1 aliphatic carbocycles. The Morgan fingerprint density at radius 1 is 1.53 bits per heavy atom. The maximum absolute atomic E-state index is 11.8. The number of benzene rings is 1. The maximum Gasteiger partial charge on any atom is 0.223 e. The number of rotatable bonds is 4. The molecule has 0 saturated heterocycles. The molecule has 1 fully saturated rings. The van der Waals surface area contributed by atoms with Crippen LogP contribution in [0.1, 0.15) is 24.9 Å². The van der Waals surface area contributed by atoms with E-state index >= 15 is 0 Å². The number of halogens is 1. The smallest absolute Gasteiger partial charge is 0.223 e. The zero-order chi connectivity index (χ0) is 12.4. The molecular formula is C13H16ClNO2. The molecule has 0 aromatic heterocycles. The molecule has 3 atom stereocenters. The number of hydrogen-bond donors (Lipinski definition) is 2. The SMILES string of the molecule is CC1CC1C(=O)NC(CO)c1ccc(Cl)cc1. The van der Waals surface area contributed by atoms with Gasteiger partial charge in [0.15, 0.2) is 0 Å². The maximum atomic E-state index is 11.8. The zero-order valence-electron chi connectivity index (χ0n) is 9.69. The minimum Gasteiger partial charge on any atom is -0.394 e. The number of amides is 1. The van der Waals surface area contributed by atoms with Gasteiger partial charge in [0, 0.05) is 10.9 Å². The molecule has 0 spiro atoms. The van der Waals surface area contributed by atoms with Gasteiger partial charge in [0.2, 0.25) is 5.91 Å². The lowest BCUT2D eigenvalue weighted by Crippen LogP contribution is -2.32. The van der Waals surface area contributed by atoms with E-state index in [-0.39, 0.29) is 24.5 Å². The van der Waals surface area contributed by atoms with Crippen LogP contribution in [0.15, 0.2) is 24.3 Å². The Balaban J connectivity index is 2.01. The molecule has 1 saturated carbocycles. The highest BCUT2D eigenvalue weighted by Crippen LogP contribution is 2.38. The van der Waals surface area contributed by atoms with Gasteiger partial charge >= 0.3 is 0 Å². The summed E-state index contributed by atoms with van der Waals surface area (Å²) in [5.41, 5.74) is 0.874. The van der Waals surface area contributed by atoms with E-state index in [2.05, 4.69) is 12.2 Å². The van der Waals surface area contributed by atoms with Crippen molar-refractivity contribution in [1.82, 2.24) is 5.32 Å². The molecule has 92 valence electrons. The van der Waals surface area contributed by atoms with Gasteiger partial charge in [-0.1, -0.05) is 30.7 Å². The van der Waals surface area contributed by atoms with E-state index in [1.165, 1.54) is 0 Å². The van der Waals surface area contributed by atoms with Crippen molar-refractivity contribution in [3.05, 3.63) is 34.9 Å². The molecule has 0 heterocycles. The average Bonchev–Trinajstić information content (AvgIpc) is 3.04. The summed E-state index contributed by atoms with van der Waals surface area (Å²) in [5, 5.41) is 12.8. The van der Waals surface area contributed by atoms with Gasteiger partial charge in [-0.15, -0.1) is 0 Å². The molecule has 1 amide bonds. The van der Waals surface area contributed by atoms with Gasteiger partial charge in [0.1, 0.15) is 0 Å². The summed E-state index contributed by atoms with van der Waals surface area (Å²) in [7, 11) is 0. The van der Waals surface area contributed by atoms with Crippen molar-refractivity contribution in [2.24, 2.45) is 11.8 Å². The van der Waals surface area contributed by atoms with Crippen molar-refractivity contribution >= 4 is 17.5 Å². The molecule has 2 N–H and O–H groups in total. The third-order valence-electron chi connectivity index (χ3n) is 3.22. The predicted octanol–water partition coefficient (Wildman–Crippen LogP) is 2.15. The van der Waals surface area contributed by atoms with Crippen LogP contribution < -0.4 is 5.32 Å². The first-order valence-electron chi connectivity index (χ1n) is 5.78. The number of carbonyl (C=O) groups excluding carboxylic acids is 1. The van der Waals surface area contributed by atoms with Gasteiger partial charge in [-0.25, -0.2) is 0 Å². The van der Waals surface area contributed by atoms with Gasteiger partial charge in [0.05, 0.1) is 12.6 Å². The van der Waals surface area contributed by atoms with E-state index < -0.39 is 0 Å². The Kier molecular flexibility index (Phi) is 3.69. The largest absolute Gasteiger partial charge is 0.394 e. The van der Waals surface area contributed by atoms with Crippen molar-refractivity contribution in [1.29, 1.82) is 0 Å². The summed E-state index contributed by atoms with van der Waals surface area (Å²) >= 11 is 5.79. The first-order chi connectivity index (χ1) is 8.11. The Labute approximate surface area is 106 Å². The summed E-state index contributed by atoms with van der Waals surface area (Å²) in [5.74, 6) is 0.627. The Morgan fingerprint density at radius 2 is 2.12 bits per heavy atom. The summed E-state index contributed by atoms with van der Waals surface area (Å²) in [6.45, 7) is 1.95. The van der Waals surface area contributed by atoms with Crippen LogP contribution in [-0.2, 0) is 4.79 Å². The van der Waals surface area contributed by atoms with E-state index in [1.807, 2.05) is 12.1 Å². The van der Waals surface area contributed by atoms with Crippen molar-refractivity contribution in [3.63, 3.8) is 0 Å². The Morgan fingerprint density at radius 3 is 2.59 bits per heavy atom. The number of carbonyl (C=O) groups is 1. The van der Waals surface area contributed by atoms with Gasteiger partial charge in [-0.05, 0) is 30.0 Å². The fourth-order valence-corrected chi connectivity index (χ4v) is 2.02. The Bertz CT molecular complexity index is 404. The summed E-state index contributed by atoms with van der Waals surface area (Å²) in [4.78, 5) is 11.8. The molecular weight excluding hydrogens is 238 g/mol. The molecule has 1 aromatic rings. The van der Waals surface area contributed by atoms with Gasteiger partial charge in [-0.3, -0.25) is 4.79 Å². The molecule has 17 heavy (non-hydrogen) atoms. The third-order valence-corrected chi connectivity index (χ3v) is 3.47. The van der Waals surface area contributed by atoms with E-state index in [0.29, 0.717) is 10.9 Å². The van der Waals surface area contributed by atoms with Crippen LogP contribution >= 0.6 is 11.6 Å². The number of aliphatic hydroxyl groups excluding tert-OH is 1. The number of nitrogens with one attached hydrogen (secondary N) is 1. The standard InChI is InChI=1S/C13H16ClNO2/c1-8-6-11(8)13(17)15-12(7-16)9-2-4-10(14)5-3-9/h2-5,8,11-12,16H,6-7H2,1H3,(H,15,17). The summed E-state index contributed by atoms with van der Waals surface area (Å²) in [6.07, 6.45) is 0.949. The second-order valence-corrected chi connectivity index (χ2v) is 5.05. The molecule has 0 aliphatic heterocycles.